The molecule has 1 heterocycles. The number of carbonyl (C=O) groups excluding carboxylic acids is 1. The standard InChI is InChI=1S/C20H22FNO8S/c1-11-18(12-6-7-14(26-2)15(8-12)30-31(21,24)25)22(20(11)23)13-9-16(27-3)19(29-5)17(10-13)28-4/h6-11,18H,1-5H3/t11-,18+/m0/s1. The van der Waals surface area contributed by atoms with E-state index in [0.29, 0.717) is 28.5 Å². The minimum atomic E-state index is -5.26. The Kier molecular flexibility index (Phi) is 6.16. The van der Waals surface area contributed by atoms with Gasteiger partial charge in [0.25, 0.3) is 0 Å². The summed E-state index contributed by atoms with van der Waals surface area (Å²) in [6.45, 7) is 1.73. The minimum absolute atomic E-state index is 0.0302. The molecule has 2 atom stereocenters. The number of amides is 1. The van der Waals surface area contributed by atoms with Crippen LogP contribution in [0.3, 0.4) is 0 Å². The topological polar surface area (TPSA) is 101 Å². The fourth-order valence-corrected chi connectivity index (χ4v) is 3.96. The SMILES string of the molecule is COc1ccc([C@H]2[C@H](C)C(=O)N2c2cc(OC)c(OC)c(OC)c2)cc1OS(=O)(=O)F. The number of anilines is 1. The molecule has 0 bridgehead atoms. The second-order valence-corrected chi connectivity index (χ2v) is 7.66. The van der Waals surface area contributed by atoms with E-state index in [1.165, 1.54) is 45.5 Å². The maximum Gasteiger partial charge on any atom is 0.488 e. The van der Waals surface area contributed by atoms with Crippen LogP contribution in [0.15, 0.2) is 30.3 Å². The number of ether oxygens (including phenoxy) is 4. The summed E-state index contributed by atoms with van der Waals surface area (Å²) in [7, 11) is 0.425. The molecule has 0 aliphatic carbocycles. The molecule has 0 spiro atoms. The summed E-state index contributed by atoms with van der Waals surface area (Å²) in [5.41, 5.74) is 1.01. The van der Waals surface area contributed by atoms with Crippen LogP contribution in [0.25, 0.3) is 0 Å². The molecule has 0 aromatic heterocycles. The van der Waals surface area contributed by atoms with Crippen LogP contribution in [0.5, 0.6) is 28.7 Å². The lowest BCUT2D eigenvalue weighted by Gasteiger charge is -2.46. The van der Waals surface area contributed by atoms with E-state index in [1.807, 2.05) is 0 Å². The van der Waals surface area contributed by atoms with Crippen LogP contribution in [0, 0.1) is 5.92 Å². The maximum atomic E-state index is 13.1. The number of carbonyl (C=O) groups is 1. The smallest absolute Gasteiger partial charge is 0.488 e. The largest absolute Gasteiger partial charge is 0.493 e. The van der Waals surface area contributed by atoms with Crippen molar-refractivity contribution in [3.8, 4) is 28.7 Å². The normalized spacial score (nSPS) is 18.3. The van der Waals surface area contributed by atoms with E-state index in [4.69, 9.17) is 18.9 Å². The third-order valence-electron chi connectivity index (χ3n) is 5.02. The molecule has 1 saturated heterocycles. The summed E-state index contributed by atoms with van der Waals surface area (Å²) < 4.78 is 60.6. The Morgan fingerprint density at radius 2 is 1.45 bits per heavy atom. The van der Waals surface area contributed by atoms with Crippen LogP contribution in [0.1, 0.15) is 18.5 Å². The zero-order valence-corrected chi connectivity index (χ0v) is 18.4. The predicted octanol–water partition coefficient (Wildman–Crippen LogP) is 3.04. The Bertz CT molecular complexity index is 1080. The molecule has 168 valence electrons. The summed E-state index contributed by atoms with van der Waals surface area (Å²) in [6, 6.07) is 7.20. The van der Waals surface area contributed by atoms with E-state index >= 15 is 0 Å². The van der Waals surface area contributed by atoms with E-state index < -0.39 is 22.5 Å². The molecule has 31 heavy (non-hydrogen) atoms. The van der Waals surface area contributed by atoms with Crippen molar-refractivity contribution in [2.45, 2.75) is 13.0 Å². The number of β-lactam (4-membered cyclic amide) rings is 1. The van der Waals surface area contributed by atoms with Gasteiger partial charge < -0.3 is 28.0 Å². The third-order valence-corrected chi connectivity index (χ3v) is 5.40. The highest BCUT2D eigenvalue weighted by molar-refractivity contribution is 7.81. The van der Waals surface area contributed by atoms with Crippen LogP contribution in [0.4, 0.5) is 9.57 Å². The van der Waals surface area contributed by atoms with Crippen LogP contribution in [0.2, 0.25) is 0 Å². The van der Waals surface area contributed by atoms with Crippen LogP contribution < -0.4 is 28.0 Å². The van der Waals surface area contributed by atoms with Gasteiger partial charge >= 0.3 is 10.5 Å². The molecule has 0 unspecified atom stereocenters. The Morgan fingerprint density at radius 1 is 0.871 bits per heavy atom. The summed E-state index contributed by atoms with van der Waals surface area (Å²) in [6.07, 6.45) is 0. The van der Waals surface area contributed by atoms with E-state index in [9.17, 15) is 17.1 Å². The number of nitrogens with zero attached hydrogens (tertiary/aromatic N) is 1. The summed E-state index contributed by atoms with van der Waals surface area (Å²) in [5, 5.41) is 0. The second kappa shape index (κ2) is 8.50. The van der Waals surface area contributed by atoms with Crippen LogP contribution in [-0.2, 0) is 15.3 Å². The maximum absolute atomic E-state index is 13.1. The van der Waals surface area contributed by atoms with Gasteiger partial charge in [0.2, 0.25) is 11.7 Å². The van der Waals surface area contributed by atoms with Crippen LogP contribution >= 0.6 is 0 Å². The van der Waals surface area contributed by atoms with Gasteiger partial charge in [0.1, 0.15) is 0 Å². The van der Waals surface area contributed by atoms with E-state index in [2.05, 4.69) is 4.18 Å². The lowest BCUT2D eigenvalue weighted by Crippen LogP contribution is -2.54. The van der Waals surface area contributed by atoms with Gasteiger partial charge in [-0.1, -0.05) is 16.9 Å². The monoisotopic (exact) mass is 455 g/mol. The van der Waals surface area contributed by atoms with E-state index in [-0.39, 0.29) is 17.4 Å². The van der Waals surface area contributed by atoms with Gasteiger partial charge in [-0.25, -0.2) is 0 Å². The van der Waals surface area contributed by atoms with Crippen molar-refractivity contribution in [1.29, 1.82) is 0 Å². The number of hydrogen-bond donors (Lipinski definition) is 0. The summed E-state index contributed by atoms with van der Waals surface area (Å²) >= 11 is 0. The quantitative estimate of drug-likeness (QED) is 0.442. The van der Waals surface area contributed by atoms with Gasteiger partial charge in [-0.3, -0.25) is 4.79 Å². The van der Waals surface area contributed by atoms with Crippen molar-refractivity contribution in [3.05, 3.63) is 35.9 Å². The van der Waals surface area contributed by atoms with Crippen molar-refractivity contribution in [3.63, 3.8) is 0 Å². The van der Waals surface area contributed by atoms with Gasteiger partial charge in [-0.05, 0) is 17.7 Å². The molecule has 2 aromatic carbocycles. The fraction of sp³-hybridized carbons (Fsp3) is 0.350. The van der Waals surface area contributed by atoms with Gasteiger partial charge in [0.05, 0.1) is 46.1 Å². The average molecular weight is 455 g/mol. The molecule has 9 nitrogen and oxygen atoms in total. The highest BCUT2D eigenvalue weighted by Crippen LogP contribution is 2.49. The van der Waals surface area contributed by atoms with Crippen molar-refractivity contribution in [1.82, 2.24) is 0 Å². The fourth-order valence-electron chi connectivity index (χ4n) is 3.61. The Balaban J connectivity index is 2.07. The summed E-state index contributed by atoms with van der Waals surface area (Å²) in [4.78, 5) is 14.2. The molecule has 0 N–H and O–H groups in total. The molecule has 1 amide bonds. The first-order valence-corrected chi connectivity index (χ1v) is 10.4. The molecule has 0 saturated carbocycles. The highest BCUT2D eigenvalue weighted by atomic mass is 32.3. The zero-order chi connectivity index (χ0) is 22.9. The molecule has 2 aromatic rings. The molecule has 1 aliphatic heterocycles. The molecular weight excluding hydrogens is 433 g/mol. The lowest BCUT2D eigenvalue weighted by atomic mass is 9.83. The molecule has 11 heteroatoms. The number of methoxy groups -OCH3 is 4. The lowest BCUT2D eigenvalue weighted by molar-refractivity contribution is -0.129. The molecule has 1 fully saturated rings. The number of benzene rings is 2. The van der Waals surface area contributed by atoms with Gasteiger partial charge in [-0.2, -0.15) is 8.42 Å². The first kappa shape index (κ1) is 22.5. The molecule has 0 radical (unpaired) electrons. The zero-order valence-electron chi connectivity index (χ0n) is 17.5. The van der Waals surface area contributed by atoms with E-state index in [1.54, 1.807) is 25.1 Å². The Hall–Kier alpha value is -3.21. The van der Waals surface area contributed by atoms with Gasteiger partial charge in [0.15, 0.2) is 23.0 Å². The van der Waals surface area contributed by atoms with E-state index in [0.717, 1.165) is 0 Å². The first-order valence-electron chi connectivity index (χ1n) is 9.10. The number of halogens is 1. The average Bonchev–Trinajstić information content (AvgIpc) is 2.74. The Morgan fingerprint density at radius 3 is 1.94 bits per heavy atom. The van der Waals surface area contributed by atoms with Crippen molar-refractivity contribution < 1.29 is 40.2 Å². The van der Waals surface area contributed by atoms with Crippen molar-refractivity contribution >= 4 is 22.1 Å². The predicted molar refractivity (Wildman–Crippen MR) is 109 cm³/mol. The minimum Gasteiger partial charge on any atom is -0.493 e. The highest BCUT2D eigenvalue weighted by Gasteiger charge is 2.46. The van der Waals surface area contributed by atoms with Crippen molar-refractivity contribution in [2.24, 2.45) is 5.92 Å². The second-order valence-electron chi connectivity index (χ2n) is 6.71. The van der Waals surface area contributed by atoms with Gasteiger partial charge in [0, 0.05) is 12.1 Å². The summed E-state index contributed by atoms with van der Waals surface area (Å²) in [5.74, 6) is 0.217. The number of rotatable bonds is 8. The number of hydrogen-bond acceptors (Lipinski definition) is 8. The first-order chi connectivity index (χ1) is 14.6. The van der Waals surface area contributed by atoms with Crippen LogP contribution in [-0.4, -0.2) is 42.8 Å². The molecule has 1 aliphatic rings. The third kappa shape index (κ3) is 4.18. The van der Waals surface area contributed by atoms with Gasteiger partial charge in [-0.15, -0.1) is 0 Å². The molecule has 3 rings (SSSR count). The van der Waals surface area contributed by atoms with Crippen molar-refractivity contribution in [2.75, 3.05) is 33.3 Å². The molecular formula is C20H22FNO8S. The Labute approximate surface area is 179 Å².